The third kappa shape index (κ3) is 6.37. The van der Waals surface area contributed by atoms with E-state index in [1.54, 1.807) is 30.3 Å². The van der Waals surface area contributed by atoms with Crippen LogP contribution in [0.25, 0.3) is 6.08 Å². The Bertz CT molecular complexity index is 1460. The molecule has 0 atom stereocenters. The minimum atomic E-state index is -3.64. The molecule has 0 unspecified atom stereocenters. The van der Waals surface area contributed by atoms with E-state index in [0.717, 1.165) is 6.26 Å². The average molecular weight is 516 g/mol. The first-order valence-corrected chi connectivity index (χ1v) is 12.3. The number of aromatic nitrogens is 2. The van der Waals surface area contributed by atoms with Crippen molar-refractivity contribution in [3.8, 4) is 17.6 Å². The minimum absolute atomic E-state index is 0.0743. The second-order valence-corrected chi connectivity index (χ2v) is 9.52. The fraction of sp³-hybridized carbons (Fsp3) is 0.143. The van der Waals surface area contributed by atoms with E-state index in [9.17, 15) is 28.6 Å². The van der Waals surface area contributed by atoms with Gasteiger partial charge in [0.25, 0.3) is 16.8 Å². The Morgan fingerprint density at radius 3 is 2.66 bits per heavy atom. The highest BCUT2D eigenvalue weighted by Gasteiger charge is 2.18. The van der Waals surface area contributed by atoms with Crippen LogP contribution in [0.5, 0.6) is 11.5 Å². The van der Waals surface area contributed by atoms with Crippen LogP contribution in [0, 0.1) is 21.4 Å². The predicted molar refractivity (Wildman–Crippen MR) is 126 cm³/mol. The molecule has 0 spiro atoms. The van der Waals surface area contributed by atoms with Crippen LogP contribution in [0.15, 0.2) is 53.2 Å². The summed E-state index contributed by atoms with van der Waals surface area (Å²) in [6.45, 7) is -0.0775. The van der Waals surface area contributed by atoms with E-state index < -0.39 is 25.8 Å². The lowest BCUT2D eigenvalue weighted by Gasteiger charge is -2.12. The number of carbonyl (C=O) groups excluding carboxylic acids is 1. The second kappa shape index (κ2) is 10.7. The van der Waals surface area contributed by atoms with Crippen LogP contribution in [0.3, 0.4) is 0 Å². The van der Waals surface area contributed by atoms with E-state index in [4.69, 9.17) is 9.47 Å². The molecular weight excluding hydrogens is 498 g/mol. The average Bonchev–Trinajstić information content (AvgIpc) is 3.30. The molecule has 0 aliphatic carbocycles. The summed E-state index contributed by atoms with van der Waals surface area (Å²) in [6.07, 6.45) is 2.23. The number of nitro benzene ring substituents is 1. The van der Waals surface area contributed by atoms with E-state index in [2.05, 4.69) is 14.7 Å². The van der Waals surface area contributed by atoms with Gasteiger partial charge in [-0.3, -0.25) is 20.2 Å². The van der Waals surface area contributed by atoms with Crippen LogP contribution in [0.2, 0.25) is 0 Å². The monoisotopic (exact) mass is 515 g/mol. The van der Waals surface area contributed by atoms with Crippen LogP contribution in [-0.4, -0.2) is 42.0 Å². The maximum absolute atomic E-state index is 12.5. The first-order valence-electron chi connectivity index (χ1n) is 9.62. The second-order valence-electron chi connectivity index (χ2n) is 6.86. The lowest BCUT2D eigenvalue weighted by atomic mass is 10.1. The molecule has 3 aromatic rings. The minimum Gasteiger partial charge on any atom is -0.493 e. The van der Waals surface area contributed by atoms with Gasteiger partial charge in [-0.25, -0.2) is 8.42 Å². The Morgan fingerprint density at radius 1 is 1.29 bits per heavy atom. The number of amides is 1. The number of sulfone groups is 1. The molecule has 12 nitrogen and oxygen atoms in total. The van der Waals surface area contributed by atoms with Crippen LogP contribution in [-0.2, 0) is 21.2 Å². The molecule has 2 aromatic carbocycles. The van der Waals surface area contributed by atoms with Crippen LogP contribution >= 0.6 is 11.5 Å². The lowest BCUT2D eigenvalue weighted by molar-refractivity contribution is -0.385. The summed E-state index contributed by atoms with van der Waals surface area (Å²) in [6, 6.07) is 12.6. The molecule has 180 valence electrons. The molecule has 0 bridgehead atoms. The molecule has 0 fully saturated rings. The number of methoxy groups -OCH3 is 1. The summed E-state index contributed by atoms with van der Waals surface area (Å²) in [4.78, 5) is 26.8. The molecular formula is C21H17N5O7S2. The van der Waals surface area contributed by atoms with Gasteiger partial charge < -0.3 is 9.47 Å². The number of para-hydroxylation sites is 1. The number of anilines is 1. The van der Waals surface area contributed by atoms with Crippen molar-refractivity contribution in [2.45, 2.75) is 11.8 Å². The number of benzene rings is 2. The molecule has 1 amide bonds. The van der Waals surface area contributed by atoms with Crippen molar-refractivity contribution in [2.24, 2.45) is 0 Å². The summed E-state index contributed by atoms with van der Waals surface area (Å²) >= 11 is 0.666. The molecule has 0 radical (unpaired) electrons. The number of rotatable bonds is 9. The van der Waals surface area contributed by atoms with Gasteiger partial charge in [-0.1, -0.05) is 18.2 Å². The molecule has 3 rings (SSSR count). The summed E-state index contributed by atoms with van der Waals surface area (Å²) in [5, 5.41) is 22.4. The van der Waals surface area contributed by atoms with Crippen molar-refractivity contribution >= 4 is 44.2 Å². The van der Waals surface area contributed by atoms with Crippen molar-refractivity contribution in [1.82, 2.24) is 9.36 Å². The number of nitrogens with one attached hydrogen (secondary N) is 1. The number of nitriles is 1. The molecule has 0 aliphatic heterocycles. The lowest BCUT2D eigenvalue weighted by Crippen LogP contribution is -2.13. The van der Waals surface area contributed by atoms with Crippen molar-refractivity contribution in [3.05, 3.63) is 69.3 Å². The normalized spacial score (nSPS) is 11.4. The van der Waals surface area contributed by atoms with Gasteiger partial charge in [-0.15, -0.1) is 0 Å². The van der Waals surface area contributed by atoms with Crippen LogP contribution in [0.4, 0.5) is 10.8 Å². The number of nitro groups is 1. The zero-order valence-electron chi connectivity index (χ0n) is 18.3. The van der Waals surface area contributed by atoms with Gasteiger partial charge in [0, 0.05) is 23.9 Å². The third-order valence-corrected chi connectivity index (χ3v) is 5.99. The number of ether oxygens (including phenoxy) is 2. The fourth-order valence-electron chi connectivity index (χ4n) is 2.75. The fourth-order valence-corrected chi connectivity index (χ4v) is 4.19. The third-order valence-electron chi connectivity index (χ3n) is 4.39. The SMILES string of the molecule is COc1cc(/C=C(/C#N)C(=O)Nc2nc(S(C)(=O)=O)ns2)ccc1OCc1ccccc1[N+](=O)[O-]. The highest BCUT2D eigenvalue weighted by atomic mass is 32.2. The first-order chi connectivity index (χ1) is 16.6. The van der Waals surface area contributed by atoms with Gasteiger partial charge in [0.1, 0.15) is 18.2 Å². The van der Waals surface area contributed by atoms with E-state index >= 15 is 0 Å². The van der Waals surface area contributed by atoms with Gasteiger partial charge in [-0.05, 0) is 29.8 Å². The maximum atomic E-state index is 12.5. The molecule has 1 heterocycles. The standard InChI is InChI=1S/C21H17N5O7S2/c1-32-18-10-13(7-8-17(18)33-12-14-5-3-4-6-16(14)26(28)29)9-15(11-22)19(27)23-20-24-21(25-34-20)35(2,30)31/h3-10H,12H2,1-2H3,(H,23,24,25,27)/b15-9-. The predicted octanol–water partition coefficient (Wildman–Crippen LogP) is 2.98. The van der Waals surface area contributed by atoms with Gasteiger partial charge in [-0.2, -0.15) is 14.6 Å². The number of carbonyl (C=O) groups is 1. The number of hydrogen-bond donors (Lipinski definition) is 1. The van der Waals surface area contributed by atoms with E-state index in [1.165, 1.54) is 31.4 Å². The Hall–Kier alpha value is -4.35. The smallest absolute Gasteiger partial charge is 0.276 e. The van der Waals surface area contributed by atoms with Gasteiger partial charge in [0.15, 0.2) is 11.5 Å². The number of nitrogens with zero attached hydrogens (tertiary/aromatic N) is 4. The van der Waals surface area contributed by atoms with Crippen molar-refractivity contribution < 1.29 is 27.6 Å². The highest BCUT2D eigenvalue weighted by Crippen LogP contribution is 2.31. The Kier molecular flexibility index (Phi) is 7.74. The molecule has 1 aromatic heterocycles. The van der Waals surface area contributed by atoms with Crippen molar-refractivity contribution in [3.63, 3.8) is 0 Å². The van der Waals surface area contributed by atoms with E-state index in [0.29, 0.717) is 28.4 Å². The number of hydrogen-bond acceptors (Lipinski definition) is 11. The molecule has 1 N–H and O–H groups in total. The Balaban J connectivity index is 1.77. The van der Waals surface area contributed by atoms with Gasteiger partial charge in [0.2, 0.25) is 15.0 Å². The summed E-state index contributed by atoms with van der Waals surface area (Å²) < 4.78 is 37.6. The molecule has 0 aliphatic rings. The Labute approximate surface area is 203 Å². The van der Waals surface area contributed by atoms with Crippen LogP contribution < -0.4 is 14.8 Å². The van der Waals surface area contributed by atoms with Gasteiger partial charge in [0.05, 0.1) is 17.6 Å². The zero-order valence-corrected chi connectivity index (χ0v) is 19.9. The Morgan fingerprint density at radius 2 is 2.03 bits per heavy atom. The van der Waals surface area contributed by atoms with Gasteiger partial charge >= 0.3 is 0 Å². The first kappa shape index (κ1) is 25.3. The highest BCUT2D eigenvalue weighted by molar-refractivity contribution is 7.90. The molecule has 35 heavy (non-hydrogen) atoms. The summed E-state index contributed by atoms with van der Waals surface area (Å²) in [7, 11) is -2.24. The molecule has 0 saturated carbocycles. The largest absolute Gasteiger partial charge is 0.493 e. The van der Waals surface area contributed by atoms with E-state index in [-0.39, 0.29) is 28.7 Å². The van der Waals surface area contributed by atoms with Crippen LogP contribution in [0.1, 0.15) is 11.1 Å². The zero-order chi connectivity index (χ0) is 25.6. The quantitative estimate of drug-likeness (QED) is 0.193. The van der Waals surface area contributed by atoms with Crippen molar-refractivity contribution in [2.75, 3.05) is 18.7 Å². The molecule has 14 heteroatoms. The summed E-state index contributed by atoms with van der Waals surface area (Å²) in [5.74, 6) is -0.232. The maximum Gasteiger partial charge on any atom is 0.276 e. The molecule has 0 saturated heterocycles. The van der Waals surface area contributed by atoms with E-state index in [1.807, 2.05) is 0 Å². The summed E-state index contributed by atoms with van der Waals surface area (Å²) in [5.41, 5.74) is 0.454. The topological polar surface area (TPSA) is 174 Å². The van der Waals surface area contributed by atoms with Crippen molar-refractivity contribution in [1.29, 1.82) is 5.26 Å².